The SMILES string of the molecule is C=C(C)[C@@H]1C[C@]2(C[C@H]3C(C)(C)OC(=O)[C@@]3(C)C2=O)C(=O)O[C@@H]1C(=O)C(C)C. The number of esters is 2. The Labute approximate surface area is 159 Å². The Kier molecular flexibility index (Phi) is 4.22. The first-order valence-electron chi connectivity index (χ1n) is 9.47. The van der Waals surface area contributed by atoms with Crippen LogP contribution in [0.3, 0.4) is 0 Å². The smallest absolute Gasteiger partial charge is 0.320 e. The molecule has 3 fully saturated rings. The van der Waals surface area contributed by atoms with Gasteiger partial charge in [0.2, 0.25) is 0 Å². The predicted molar refractivity (Wildman–Crippen MR) is 96.5 cm³/mol. The number of Topliss-reactive ketones (excluding diaryl/α,β-unsaturated/α-hetero) is 2. The highest BCUT2D eigenvalue weighted by atomic mass is 16.6. The fourth-order valence-corrected chi connectivity index (χ4v) is 5.14. The van der Waals surface area contributed by atoms with Gasteiger partial charge >= 0.3 is 11.9 Å². The van der Waals surface area contributed by atoms with Gasteiger partial charge in [-0.3, -0.25) is 19.2 Å². The number of fused-ring (bicyclic) bond motifs is 1. The number of hydrogen-bond acceptors (Lipinski definition) is 6. The van der Waals surface area contributed by atoms with Gasteiger partial charge in [0, 0.05) is 17.8 Å². The Bertz CT molecular complexity index is 763. The average molecular weight is 376 g/mol. The molecule has 3 aliphatic rings. The van der Waals surface area contributed by atoms with Gasteiger partial charge in [0.1, 0.15) is 16.4 Å². The van der Waals surface area contributed by atoms with Crippen molar-refractivity contribution in [3.63, 3.8) is 0 Å². The minimum atomic E-state index is -1.42. The van der Waals surface area contributed by atoms with E-state index < -0.39 is 52.1 Å². The van der Waals surface area contributed by atoms with Gasteiger partial charge in [-0.2, -0.15) is 0 Å². The van der Waals surface area contributed by atoms with Crippen LogP contribution in [-0.4, -0.2) is 35.2 Å². The Balaban J connectivity index is 2.04. The number of cyclic esters (lactones) is 2. The van der Waals surface area contributed by atoms with Crippen molar-refractivity contribution in [3.8, 4) is 0 Å². The lowest BCUT2D eigenvalue weighted by Crippen LogP contribution is -2.54. The third-order valence-electron chi connectivity index (χ3n) is 6.82. The summed E-state index contributed by atoms with van der Waals surface area (Å²) in [6.45, 7) is 14.3. The van der Waals surface area contributed by atoms with E-state index in [1.807, 2.05) is 0 Å². The molecule has 5 atom stereocenters. The van der Waals surface area contributed by atoms with E-state index in [0.717, 1.165) is 0 Å². The quantitative estimate of drug-likeness (QED) is 0.427. The molecular weight excluding hydrogens is 348 g/mol. The van der Waals surface area contributed by atoms with Crippen molar-refractivity contribution in [2.24, 2.45) is 28.6 Å². The normalized spacial score (nSPS) is 40.1. The summed E-state index contributed by atoms with van der Waals surface area (Å²) in [4.78, 5) is 51.6. The van der Waals surface area contributed by atoms with E-state index in [1.54, 1.807) is 41.5 Å². The summed E-state index contributed by atoms with van der Waals surface area (Å²) in [5, 5.41) is 0. The fourth-order valence-electron chi connectivity index (χ4n) is 5.14. The molecule has 6 heteroatoms. The molecule has 1 aliphatic carbocycles. The van der Waals surface area contributed by atoms with E-state index in [0.29, 0.717) is 5.57 Å². The van der Waals surface area contributed by atoms with Crippen molar-refractivity contribution in [2.75, 3.05) is 0 Å². The van der Waals surface area contributed by atoms with E-state index in [-0.39, 0.29) is 24.5 Å². The van der Waals surface area contributed by atoms with Gasteiger partial charge in [0.25, 0.3) is 0 Å². The van der Waals surface area contributed by atoms with E-state index in [1.165, 1.54) is 0 Å². The molecule has 0 aromatic carbocycles. The molecule has 1 spiro atoms. The van der Waals surface area contributed by atoms with Gasteiger partial charge in [0.15, 0.2) is 17.7 Å². The van der Waals surface area contributed by atoms with Gasteiger partial charge < -0.3 is 9.47 Å². The molecule has 2 heterocycles. The molecule has 0 unspecified atom stereocenters. The average Bonchev–Trinajstić information content (AvgIpc) is 2.89. The van der Waals surface area contributed by atoms with Crippen molar-refractivity contribution in [1.82, 2.24) is 0 Å². The maximum atomic E-state index is 13.5. The predicted octanol–water partition coefficient (Wildman–Crippen LogP) is 2.64. The van der Waals surface area contributed by atoms with Crippen LogP contribution in [0.4, 0.5) is 0 Å². The zero-order chi connectivity index (χ0) is 20.5. The number of ketones is 2. The van der Waals surface area contributed by atoms with Gasteiger partial charge in [-0.25, -0.2) is 0 Å². The molecule has 0 radical (unpaired) electrons. The molecule has 1 saturated carbocycles. The minimum absolute atomic E-state index is 0.151. The molecular formula is C21H28O6. The Morgan fingerprint density at radius 3 is 2.19 bits per heavy atom. The van der Waals surface area contributed by atoms with Crippen LogP contribution in [0.15, 0.2) is 12.2 Å². The van der Waals surface area contributed by atoms with Gasteiger partial charge in [-0.1, -0.05) is 26.0 Å². The largest absolute Gasteiger partial charge is 0.459 e. The first-order valence-corrected chi connectivity index (χ1v) is 9.47. The molecule has 2 aliphatic heterocycles. The molecule has 0 aromatic heterocycles. The molecule has 27 heavy (non-hydrogen) atoms. The Hall–Kier alpha value is -1.98. The fraction of sp³-hybridized carbons (Fsp3) is 0.714. The van der Waals surface area contributed by atoms with Crippen molar-refractivity contribution < 1.29 is 28.7 Å². The van der Waals surface area contributed by atoms with Crippen LogP contribution >= 0.6 is 0 Å². The van der Waals surface area contributed by atoms with Crippen LogP contribution in [0.25, 0.3) is 0 Å². The summed E-state index contributed by atoms with van der Waals surface area (Å²) >= 11 is 0. The third-order valence-corrected chi connectivity index (χ3v) is 6.82. The topological polar surface area (TPSA) is 86.7 Å². The lowest BCUT2D eigenvalue weighted by Gasteiger charge is -2.41. The second-order valence-electron chi connectivity index (χ2n) is 9.40. The molecule has 0 aromatic rings. The molecule has 0 bridgehead atoms. The number of carbonyl (C=O) groups excluding carboxylic acids is 4. The molecule has 148 valence electrons. The van der Waals surface area contributed by atoms with E-state index >= 15 is 0 Å². The highest BCUT2D eigenvalue weighted by Crippen LogP contribution is 2.63. The van der Waals surface area contributed by atoms with Crippen LogP contribution in [0.5, 0.6) is 0 Å². The number of hydrogen-bond donors (Lipinski definition) is 0. The lowest BCUT2D eigenvalue weighted by atomic mass is 9.68. The van der Waals surface area contributed by atoms with Crippen LogP contribution < -0.4 is 0 Å². The number of carbonyl (C=O) groups is 4. The standard InChI is InChI=1S/C21H28O6/c1-10(2)12-8-21(18(25)26-15(12)14(22)11(3)4)9-13-19(5,6)27-17(24)20(13,7)16(21)23/h11-13,15H,1,8-9H2,2-7H3/t12-,13-,15-,20+,21+/m0/s1. The highest BCUT2D eigenvalue weighted by molar-refractivity contribution is 6.18. The Morgan fingerprint density at radius 2 is 1.70 bits per heavy atom. The molecule has 2 saturated heterocycles. The first-order chi connectivity index (χ1) is 12.3. The zero-order valence-corrected chi connectivity index (χ0v) is 16.9. The van der Waals surface area contributed by atoms with E-state index in [4.69, 9.17) is 9.47 Å². The van der Waals surface area contributed by atoms with Crippen molar-refractivity contribution in [2.45, 2.75) is 66.1 Å². The summed E-state index contributed by atoms with van der Waals surface area (Å²) < 4.78 is 11.0. The zero-order valence-electron chi connectivity index (χ0n) is 16.9. The minimum Gasteiger partial charge on any atom is -0.459 e. The van der Waals surface area contributed by atoms with Crippen molar-refractivity contribution in [1.29, 1.82) is 0 Å². The van der Waals surface area contributed by atoms with Crippen LogP contribution in [0.1, 0.15) is 54.4 Å². The maximum Gasteiger partial charge on any atom is 0.320 e. The van der Waals surface area contributed by atoms with Crippen molar-refractivity contribution in [3.05, 3.63) is 12.2 Å². The second kappa shape index (κ2) is 5.76. The summed E-state index contributed by atoms with van der Waals surface area (Å²) in [5.41, 5.74) is -2.93. The molecule has 3 rings (SSSR count). The van der Waals surface area contributed by atoms with Crippen LogP contribution in [0, 0.1) is 28.6 Å². The molecule has 6 nitrogen and oxygen atoms in total. The Morgan fingerprint density at radius 1 is 1.11 bits per heavy atom. The monoisotopic (exact) mass is 376 g/mol. The molecule has 0 N–H and O–H groups in total. The van der Waals surface area contributed by atoms with Crippen molar-refractivity contribution >= 4 is 23.5 Å². The van der Waals surface area contributed by atoms with E-state index in [2.05, 4.69) is 6.58 Å². The van der Waals surface area contributed by atoms with Crippen LogP contribution in [-0.2, 0) is 28.7 Å². The number of rotatable bonds is 3. The highest BCUT2D eigenvalue weighted by Gasteiger charge is 2.75. The van der Waals surface area contributed by atoms with Gasteiger partial charge in [-0.05, 0) is 40.5 Å². The number of ether oxygens (including phenoxy) is 2. The first kappa shape index (κ1) is 19.8. The van der Waals surface area contributed by atoms with Gasteiger partial charge in [-0.15, -0.1) is 0 Å². The summed E-state index contributed by atoms with van der Waals surface area (Å²) in [7, 11) is 0. The lowest BCUT2D eigenvalue weighted by molar-refractivity contribution is -0.183. The van der Waals surface area contributed by atoms with Crippen LogP contribution in [0.2, 0.25) is 0 Å². The summed E-state index contributed by atoms with van der Waals surface area (Å²) in [6, 6.07) is 0. The maximum absolute atomic E-state index is 13.5. The summed E-state index contributed by atoms with van der Waals surface area (Å²) in [6.07, 6.45) is -0.591. The summed E-state index contributed by atoms with van der Waals surface area (Å²) in [5.74, 6) is -3.06. The van der Waals surface area contributed by atoms with E-state index in [9.17, 15) is 19.2 Å². The van der Waals surface area contributed by atoms with Gasteiger partial charge in [0.05, 0.1) is 0 Å². The second-order valence-corrected chi connectivity index (χ2v) is 9.40. The third kappa shape index (κ3) is 2.44. The molecule has 0 amide bonds.